The minimum absolute atomic E-state index is 0.0229. The second kappa shape index (κ2) is 4.79. The molecule has 6 heteroatoms. The smallest absolute Gasteiger partial charge is 0.251 e. The first-order valence-corrected chi connectivity index (χ1v) is 6.53. The number of aromatic nitrogens is 1. The highest BCUT2D eigenvalue weighted by Crippen LogP contribution is 2.37. The van der Waals surface area contributed by atoms with E-state index in [-0.39, 0.29) is 29.7 Å². The number of pyridine rings is 1. The molecule has 0 radical (unpaired) electrons. The molecule has 1 saturated carbocycles. The topological polar surface area (TPSA) is 97.2 Å². The molecule has 1 aromatic heterocycles. The van der Waals surface area contributed by atoms with Crippen LogP contribution < -0.4 is 16.6 Å². The van der Waals surface area contributed by atoms with Gasteiger partial charge in [0.25, 0.3) is 5.91 Å². The average molecular weight is 263 g/mol. The van der Waals surface area contributed by atoms with Gasteiger partial charge < -0.3 is 20.8 Å². The van der Waals surface area contributed by atoms with Crippen LogP contribution in [-0.2, 0) is 4.74 Å². The summed E-state index contributed by atoms with van der Waals surface area (Å²) in [6.45, 7) is 0.727. The van der Waals surface area contributed by atoms with Crippen LogP contribution >= 0.6 is 0 Å². The molecule has 1 aliphatic carbocycles. The lowest BCUT2D eigenvalue weighted by atomic mass is 9.68. The summed E-state index contributed by atoms with van der Waals surface area (Å²) in [6, 6.07) is 2.63. The van der Waals surface area contributed by atoms with E-state index in [4.69, 9.17) is 10.5 Å². The lowest BCUT2D eigenvalue weighted by Gasteiger charge is -2.52. The van der Waals surface area contributed by atoms with Gasteiger partial charge in [-0.25, -0.2) is 0 Å². The highest BCUT2D eigenvalue weighted by molar-refractivity contribution is 5.94. The van der Waals surface area contributed by atoms with Crippen LogP contribution in [0.2, 0.25) is 0 Å². The number of aromatic amines is 1. The molecule has 4 atom stereocenters. The van der Waals surface area contributed by atoms with E-state index in [0.717, 1.165) is 19.4 Å². The second-order valence-electron chi connectivity index (χ2n) is 5.16. The van der Waals surface area contributed by atoms with E-state index in [1.54, 1.807) is 6.07 Å². The summed E-state index contributed by atoms with van der Waals surface area (Å²) in [5.41, 5.74) is 6.12. The third-order valence-electron chi connectivity index (χ3n) is 4.01. The lowest BCUT2D eigenvalue weighted by Crippen LogP contribution is -2.72. The molecule has 1 saturated heterocycles. The van der Waals surface area contributed by atoms with Gasteiger partial charge in [0.1, 0.15) is 0 Å². The van der Waals surface area contributed by atoms with Crippen LogP contribution in [0.3, 0.4) is 0 Å². The SMILES string of the molecule is NC1C2CCCOC2C1NC(=O)c1cc[nH]c(=O)c1. The second-order valence-corrected chi connectivity index (χ2v) is 5.16. The highest BCUT2D eigenvalue weighted by atomic mass is 16.5. The Balaban J connectivity index is 1.68. The van der Waals surface area contributed by atoms with Crippen molar-refractivity contribution < 1.29 is 9.53 Å². The predicted octanol–water partition coefficient (Wildman–Crippen LogP) is -0.391. The monoisotopic (exact) mass is 263 g/mol. The molecule has 2 aliphatic rings. The molecule has 3 rings (SSSR count). The number of nitrogens with one attached hydrogen (secondary N) is 2. The first-order valence-electron chi connectivity index (χ1n) is 6.53. The number of hydrogen-bond donors (Lipinski definition) is 3. The van der Waals surface area contributed by atoms with Gasteiger partial charge in [-0.2, -0.15) is 0 Å². The number of nitrogens with two attached hydrogens (primary N) is 1. The maximum atomic E-state index is 12.0. The van der Waals surface area contributed by atoms with E-state index < -0.39 is 0 Å². The van der Waals surface area contributed by atoms with Gasteiger partial charge in [0, 0.05) is 36.4 Å². The Morgan fingerprint density at radius 3 is 3.16 bits per heavy atom. The van der Waals surface area contributed by atoms with Gasteiger partial charge in [-0.05, 0) is 18.9 Å². The van der Waals surface area contributed by atoms with Crippen molar-refractivity contribution in [3.63, 3.8) is 0 Å². The largest absolute Gasteiger partial charge is 0.376 e. The summed E-state index contributed by atoms with van der Waals surface area (Å²) < 4.78 is 5.66. The Labute approximate surface area is 110 Å². The van der Waals surface area contributed by atoms with Gasteiger partial charge in [0.2, 0.25) is 5.56 Å². The van der Waals surface area contributed by atoms with Crippen LogP contribution in [0.5, 0.6) is 0 Å². The van der Waals surface area contributed by atoms with Gasteiger partial charge in [-0.1, -0.05) is 0 Å². The molecule has 4 unspecified atom stereocenters. The highest BCUT2D eigenvalue weighted by Gasteiger charge is 2.51. The van der Waals surface area contributed by atoms with Crippen molar-refractivity contribution in [1.29, 1.82) is 0 Å². The first-order chi connectivity index (χ1) is 9.16. The molecule has 2 fully saturated rings. The van der Waals surface area contributed by atoms with Gasteiger partial charge in [-0.3, -0.25) is 9.59 Å². The standard InChI is InChI=1S/C13H17N3O3/c14-10-8-2-1-5-19-12(8)11(10)16-13(18)7-3-4-15-9(17)6-7/h3-4,6,8,10-12H,1-2,5,14H2,(H,15,17)(H,16,18). The quantitative estimate of drug-likeness (QED) is 0.677. The molecule has 1 aromatic rings. The molecule has 1 aliphatic heterocycles. The number of hydrogen-bond acceptors (Lipinski definition) is 4. The van der Waals surface area contributed by atoms with Crippen LogP contribution in [0, 0.1) is 5.92 Å². The molecule has 102 valence electrons. The van der Waals surface area contributed by atoms with Crippen molar-refractivity contribution in [2.75, 3.05) is 6.61 Å². The lowest BCUT2D eigenvalue weighted by molar-refractivity contribution is -0.117. The Morgan fingerprint density at radius 1 is 1.53 bits per heavy atom. The van der Waals surface area contributed by atoms with Crippen molar-refractivity contribution in [1.82, 2.24) is 10.3 Å². The summed E-state index contributed by atoms with van der Waals surface area (Å²) in [7, 11) is 0. The Kier molecular flexibility index (Phi) is 3.12. The molecular weight excluding hydrogens is 246 g/mol. The third kappa shape index (κ3) is 2.17. The Hall–Kier alpha value is -1.66. The number of carbonyl (C=O) groups excluding carboxylic acids is 1. The van der Waals surface area contributed by atoms with Crippen molar-refractivity contribution in [3.8, 4) is 0 Å². The van der Waals surface area contributed by atoms with Crippen molar-refractivity contribution in [2.24, 2.45) is 11.7 Å². The van der Waals surface area contributed by atoms with Crippen molar-refractivity contribution in [2.45, 2.75) is 31.0 Å². The van der Waals surface area contributed by atoms with Crippen LogP contribution in [0.25, 0.3) is 0 Å². The maximum Gasteiger partial charge on any atom is 0.251 e. The fourth-order valence-electron chi connectivity index (χ4n) is 2.95. The molecule has 0 aromatic carbocycles. The van der Waals surface area contributed by atoms with Crippen LogP contribution in [0.15, 0.2) is 23.1 Å². The normalized spacial score (nSPS) is 33.1. The molecular formula is C13H17N3O3. The van der Waals surface area contributed by atoms with Gasteiger partial charge in [-0.15, -0.1) is 0 Å². The van der Waals surface area contributed by atoms with E-state index >= 15 is 0 Å². The number of carbonyl (C=O) groups is 1. The molecule has 4 N–H and O–H groups in total. The Morgan fingerprint density at radius 2 is 2.37 bits per heavy atom. The van der Waals surface area contributed by atoms with Gasteiger partial charge in [0.05, 0.1) is 12.1 Å². The van der Waals surface area contributed by atoms with Crippen molar-refractivity contribution in [3.05, 3.63) is 34.2 Å². The summed E-state index contributed by atoms with van der Waals surface area (Å²) in [5.74, 6) is 0.0670. The fourth-order valence-corrected chi connectivity index (χ4v) is 2.95. The molecule has 1 amide bonds. The van der Waals surface area contributed by atoms with E-state index in [1.807, 2.05) is 0 Å². The summed E-state index contributed by atoms with van der Waals surface area (Å²) >= 11 is 0. The maximum absolute atomic E-state index is 12.0. The molecule has 0 spiro atoms. The predicted molar refractivity (Wildman–Crippen MR) is 68.8 cm³/mol. The summed E-state index contributed by atoms with van der Waals surface area (Å²) in [5, 5.41) is 2.87. The summed E-state index contributed by atoms with van der Waals surface area (Å²) in [4.78, 5) is 25.7. The van der Waals surface area contributed by atoms with E-state index in [1.165, 1.54) is 12.3 Å². The van der Waals surface area contributed by atoms with E-state index in [0.29, 0.717) is 11.5 Å². The van der Waals surface area contributed by atoms with E-state index in [9.17, 15) is 9.59 Å². The molecule has 6 nitrogen and oxygen atoms in total. The number of fused-ring (bicyclic) bond motifs is 1. The average Bonchev–Trinajstić information content (AvgIpc) is 2.44. The zero-order chi connectivity index (χ0) is 13.4. The number of H-pyrrole nitrogens is 1. The van der Waals surface area contributed by atoms with Gasteiger partial charge >= 0.3 is 0 Å². The first kappa shape index (κ1) is 12.4. The third-order valence-corrected chi connectivity index (χ3v) is 4.01. The van der Waals surface area contributed by atoms with Crippen LogP contribution in [0.1, 0.15) is 23.2 Å². The number of rotatable bonds is 2. The minimum atomic E-state index is -0.294. The molecule has 19 heavy (non-hydrogen) atoms. The van der Waals surface area contributed by atoms with Crippen LogP contribution in [-0.4, -0.2) is 35.7 Å². The molecule has 2 heterocycles. The number of amides is 1. The zero-order valence-corrected chi connectivity index (χ0v) is 10.5. The van der Waals surface area contributed by atoms with Gasteiger partial charge in [0.15, 0.2) is 0 Å². The molecule has 0 bridgehead atoms. The minimum Gasteiger partial charge on any atom is -0.376 e. The van der Waals surface area contributed by atoms with Crippen molar-refractivity contribution >= 4 is 5.91 Å². The summed E-state index contributed by atoms with van der Waals surface area (Å²) in [6.07, 6.45) is 3.57. The van der Waals surface area contributed by atoms with E-state index in [2.05, 4.69) is 10.3 Å². The number of ether oxygens (including phenoxy) is 1. The zero-order valence-electron chi connectivity index (χ0n) is 10.5. The van der Waals surface area contributed by atoms with Crippen LogP contribution in [0.4, 0.5) is 0 Å². The fraction of sp³-hybridized carbons (Fsp3) is 0.538. The Bertz CT molecular complexity index is 542.